The summed E-state index contributed by atoms with van der Waals surface area (Å²) < 4.78 is 5.46. The number of nitrogens with one attached hydrogen (secondary N) is 1. The number of morpholine rings is 1. The molecular weight excluding hydrogens is 514 g/mol. The molecule has 4 rings (SSSR count). The lowest BCUT2D eigenvalue weighted by atomic mass is 9.85. The smallest absolute Gasteiger partial charge is 0.255 e. The number of carbonyl (C=O) groups excluding carboxylic acids is 1. The monoisotopic (exact) mass is 553 g/mol. The summed E-state index contributed by atoms with van der Waals surface area (Å²) in [5.74, 6) is 6.28. The van der Waals surface area contributed by atoms with Gasteiger partial charge < -0.3 is 20.7 Å². The van der Waals surface area contributed by atoms with Crippen LogP contribution in [-0.4, -0.2) is 42.2 Å². The highest BCUT2D eigenvalue weighted by Crippen LogP contribution is 2.25. The molecule has 9 heteroatoms. The first kappa shape index (κ1) is 29.6. The highest BCUT2D eigenvalue weighted by molar-refractivity contribution is 5.95. The van der Waals surface area contributed by atoms with Gasteiger partial charge in [0, 0.05) is 48.9 Å². The fourth-order valence-corrected chi connectivity index (χ4v) is 4.80. The van der Waals surface area contributed by atoms with E-state index in [9.17, 15) is 10.1 Å². The van der Waals surface area contributed by atoms with E-state index in [1.807, 2.05) is 44.5 Å². The number of ether oxygens (including phenoxy) is 1. The fourth-order valence-electron chi connectivity index (χ4n) is 4.80. The zero-order valence-corrected chi connectivity index (χ0v) is 24.1. The van der Waals surface area contributed by atoms with Crippen molar-refractivity contribution >= 4 is 11.6 Å². The zero-order valence-electron chi connectivity index (χ0n) is 24.1. The number of amides is 1. The van der Waals surface area contributed by atoms with Crippen LogP contribution in [0.4, 0.5) is 5.69 Å². The standard InChI is InChI=1S/C32H39N7O2/c1-4-24-7-6-10-28(37-31(40)25-8-5-9-26(17-25)32(2,3)22-33)18-30(24)39(35)21-27(34)15-23-16-29(20-36-19-23)38-11-13-41-14-12-38/h5,7-10,16-21H,4,6,11-15,34-35H2,1-3H3,(H,37,40)/b27-21-. The second-order valence-electron chi connectivity index (χ2n) is 10.7. The summed E-state index contributed by atoms with van der Waals surface area (Å²) >= 11 is 0. The number of nitrogens with zero attached hydrogens (tertiary/aromatic N) is 4. The number of pyridine rings is 1. The summed E-state index contributed by atoms with van der Waals surface area (Å²) in [5.41, 5.74) is 12.1. The number of rotatable bonds is 9. The fraction of sp³-hybridized carbons (Fsp3) is 0.344. The molecule has 1 aliphatic carbocycles. The van der Waals surface area contributed by atoms with E-state index < -0.39 is 5.41 Å². The van der Waals surface area contributed by atoms with Gasteiger partial charge >= 0.3 is 0 Å². The van der Waals surface area contributed by atoms with Crippen molar-refractivity contribution in [3.63, 3.8) is 0 Å². The minimum Gasteiger partial charge on any atom is -0.401 e. The first-order valence-electron chi connectivity index (χ1n) is 13.9. The molecule has 1 aliphatic heterocycles. The van der Waals surface area contributed by atoms with Crippen molar-refractivity contribution in [1.29, 1.82) is 5.26 Å². The van der Waals surface area contributed by atoms with Gasteiger partial charge in [-0.15, -0.1) is 0 Å². The maximum Gasteiger partial charge on any atom is 0.255 e. The Kier molecular flexibility index (Phi) is 9.61. The van der Waals surface area contributed by atoms with Gasteiger partial charge in [0.15, 0.2) is 0 Å². The van der Waals surface area contributed by atoms with E-state index in [-0.39, 0.29) is 5.91 Å². The van der Waals surface area contributed by atoms with Gasteiger partial charge in [-0.2, -0.15) is 5.26 Å². The minimum absolute atomic E-state index is 0.256. The Morgan fingerprint density at radius 3 is 2.76 bits per heavy atom. The number of nitrogens with two attached hydrogens (primary N) is 2. The van der Waals surface area contributed by atoms with Crippen LogP contribution in [0.5, 0.6) is 0 Å². The van der Waals surface area contributed by atoms with Gasteiger partial charge in [-0.3, -0.25) is 14.8 Å². The molecule has 0 radical (unpaired) electrons. The van der Waals surface area contributed by atoms with Crippen LogP contribution in [0.2, 0.25) is 0 Å². The van der Waals surface area contributed by atoms with Crippen molar-refractivity contribution in [2.45, 2.75) is 45.4 Å². The summed E-state index contributed by atoms with van der Waals surface area (Å²) in [4.78, 5) is 19.8. The average molecular weight is 554 g/mol. The summed E-state index contributed by atoms with van der Waals surface area (Å²) in [6.07, 6.45) is 13.2. The van der Waals surface area contributed by atoms with Crippen LogP contribution in [0, 0.1) is 11.3 Å². The van der Waals surface area contributed by atoms with Crippen molar-refractivity contribution in [3.8, 4) is 6.07 Å². The van der Waals surface area contributed by atoms with Crippen molar-refractivity contribution in [1.82, 2.24) is 15.3 Å². The SMILES string of the molecule is CCC1=CCC=C(NC(=O)c2cccc(C(C)(C)C#N)c2)C=C1N(N)/C=C(\N)Cc1cncc(N2CCOCC2)c1. The number of hydrogen-bond donors (Lipinski definition) is 3. The third-order valence-corrected chi connectivity index (χ3v) is 7.24. The van der Waals surface area contributed by atoms with Gasteiger partial charge in [0.1, 0.15) is 0 Å². The van der Waals surface area contributed by atoms with Crippen LogP contribution in [-0.2, 0) is 16.6 Å². The molecule has 1 aromatic heterocycles. The van der Waals surface area contributed by atoms with Crippen molar-refractivity contribution in [2.75, 3.05) is 31.2 Å². The summed E-state index contributed by atoms with van der Waals surface area (Å²) in [6.45, 7) is 8.81. The second kappa shape index (κ2) is 13.3. The quantitative estimate of drug-likeness (QED) is 0.311. The number of hydrogen-bond acceptors (Lipinski definition) is 8. The third kappa shape index (κ3) is 7.63. The van der Waals surface area contributed by atoms with Crippen molar-refractivity contribution in [2.24, 2.45) is 11.6 Å². The van der Waals surface area contributed by atoms with E-state index in [1.54, 1.807) is 24.4 Å². The highest BCUT2D eigenvalue weighted by atomic mass is 16.5. The number of anilines is 1. The predicted molar refractivity (Wildman–Crippen MR) is 161 cm³/mol. The van der Waals surface area contributed by atoms with Crippen molar-refractivity contribution in [3.05, 3.63) is 107 Å². The molecule has 0 spiro atoms. The Balaban J connectivity index is 1.50. The average Bonchev–Trinajstić information content (AvgIpc) is 3.19. The molecule has 9 nitrogen and oxygen atoms in total. The maximum absolute atomic E-state index is 13.2. The Morgan fingerprint density at radius 1 is 1.24 bits per heavy atom. The number of carbonyl (C=O) groups is 1. The molecule has 0 atom stereocenters. The molecule has 1 fully saturated rings. The van der Waals surface area contributed by atoms with Crippen LogP contribution >= 0.6 is 0 Å². The van der Waals surface area contributed by atoms with E-state index in [0.29, 0.717) is 43.0 Å². The first-order chi connectivity index (χ1) is 19.7. The second-order valence-corrected chi connectivity index (χ2v) is 10.7. The number of aromatic nitrogens is 1. The number of nitriles is 1. The van der Waals surface area contributed by atoms with Gasteiger partial charge in [-0.1, -0.05) is 31.2 Å². The molecule has 1 saturated heterocycles. The lowest BCUT2D eigenvalue weighted by Crippen LogP contribution is -2.36. The lowest BCUT2D eigenvalue weighted by Gasteiger charge is -2.28. The van der Waals surface area contributed by atoms with E-state index >= 15 is 0 Å². The molecule has 5 N–H and O–H groups in total. The molecule has 1 amide bonds. The molecule has 2 heterocycles. The zero-order chi connectivity index (χ0) is 29.4. The Labute approximate surface area is 242 Å². The molecule has 2 aromatic rings. The molecule has 0 saturated carbocycles. The van der Waals surface area contributed by atoms with Gasteiger partial charge in [0.05, 0.1) is 42.3 Å². The molecule has 0 unspecified atom stereocenters. The van der Waals surface area contributed by atoms with E-state index in [2.05, 4.69) is 40.3 Å². The lowest BCUT2D eigenvalue weighted by molar-refractivity contribution is 0.0967. The van der Waals surface area contributed by atoms with Crippen LogP contribution in [0.1, 0.15) is 55.1 Å². The molecule has 214 valence electrons. The predicted octanol–water partition coefficient (Wildman–Crippen LogP) is 4.18. The Morgan fingerprint density at radius 2 is 2.02 bits per heavy atom. The Hall–Kier alpha value is -4.39. The molecule has 41 heavy (non-hydrogen) atoms. The van der Waals surface area contributed by atoms with Crippen LogP contribution in [0.15, 0.2) is 89.8 Å². The van der Waals surface area contributed by atoms with Gasteiger partial charge in [-0.25, -0.2) is 5.84 Å². The number of hydrazine groups is 1. The number of benzene rings is 1. The van der Waals surface area contributed by atoms with Gasteiger partial charge in [-0.05, 0) is 67.7 Å². The van der Waals surface area contributed by atoms with E-state index in [1.165, 1.54) is 5.01 Å². The first-order valence-corrected chi connectivity index (χ1v) is 13.9. The van der Waals surface area contributed by atoms with Crippen LogP contribution < -0.4 is 21.8 Å². The normalized spacial score (nSPS) is 16.1. The molecular formula is C32H39N7O2. The van der Waals surface area contributed by atoms with Crippen molar-refractivity contribution < 1.29 is 9.53 Å². The Bertz CT molecular complexity index is 1430. The van der Waals surface area contributed by atoms with Gasteiger partial charge in [0.2, 0.25) is 0 Å². The van der Waals surface area contributed by atoms with Crippen LogP contribution in [0.25, 0.3) is 0 Å². The summed E-state index contributed by atoms with van der Waals surface area (Å²) in [5, 5.41) is 14.0. The molecule has 2 aliphatic rings. The molecule has 0 bridgehead atoms. The van der Waals surface area contributed by atoms with Crippen LogP contribution in [0.3, 0.4) is 0 Å². The third-order valence-electron chi connectivity index (χ3n) is 7.24. The maximum atomic E-state index is 13.2. The van der Waals surface area contributed by atoms with E-state index in [4.69, 9.17) is 16.3 Å². The number of allylic oxidation sites excluding steroid dienone is 5. The van der Waals surface area contributed by atoms with E-state index in [0.717, 1.165) is 47.6 Å². The highest BCUT2D eigenvalue weighted by Gasteiger charge is 2.21. The largest absolute Gasteiger partial charge is 0.401 e. The molecule has 1 aromatic carbocycles. The topological polar surface area (TPSA) is 134 Å². The summed E-state index contributed by atoms with van der Waals surface area (Å²) in [6, 6.07) is 11.5. The summed E-state index contributed by atoms with van der Waals surface area (Å²) in [7, 11) is 0. The van der Waals surface area contributed by atoms with Gasteiger partial charge in [0.25, 0.3) is 5.91 Å². The minimum atomic E-state index is -0.697.